The second kappa shape index (κ2) is 8.27. The zero-order chi connectivity index (χ0) is 17.5. The van der Waals surface area contributed by atoms with Crippen molar-refractivity contribution in [3.05, 3.63) is 107 Å². The highest BCUT2D eigenvalue weighted by molar-refractivity contribution is 5.95. The third-order valence-electron chi connectivity index (χ3n) is 4.23. The zero-order valence-electron chi connectivity index (χ0n) is 14.0. The molecule has 3 aromatic rings. The maximum absolute atomic E-state index is 12.7. The minimum atomic E-state index is -0.0979. The Bertz CT molecular complexity index is 843. The van der Waals surface area contributed by atoms with Crippen molar-refractivity contribution in [1.82, 2.24) is 5.32 Å². The Hall–Kier alpha value is -2.91. The van der Waals surface area contributed by atoms with Gasteiger partial charge in [0, 0.05) is 12.1 Å². The zero-order valence-corrected chi connectivity index (χ0v) is 14.0. The van der Waals surface area contributed by atoms with Crippen LogP contribution in [0.2, 0.25) is 0 Å². The van der Waals surface area contributed by atoms with Crippen LogP contribution in [0.5, 0.6) is 0 Å². The maximum atomic E-state index is 12.7. The highest BCUT2D eigenvalue weighted by Crippen LogP contribution is 2.15. The van der Waals surface area contributed by atoms with Crippen molar-refractivity contribution in [2.75, 3.05) is 0 Å². The fourth-order valence-corrected chi connectivity index (χ4v) is 2.87. The standard InChI is InChI=1S/C22H21NO2/c24-16-20-12-5-4-11-19(20)15-23-22(25)21-13-7-6-10-18(21)14-17-8-2-1-3-9-17/h1-13,24H,14-16H2,(H,23,25). The number of aliphatic hydroxyl groups excluding tert-OH is 1. The molecule has 0 saturated heterocycles. The number of amides is 1. The summed E-state index contributed by atoms with van der Waals surface area (Å²) in [6.45, 7) is 0.367. The van der Waals surface area contributed by atoms with Gasteiger partial charge in [0.1, 0.15) is 0 Å². The van der Waals surface area contributed by atoms with Crippen LogP contribution in [0.3, 0.4) is 0 Å². The van der Waals surface area contributed by atoms with Crippen molar-refractivity contribution in [2.45, 2.75) is 19.6 Å². The van der Waals surface area contributed by atoms with E-state index >= 15 is 0 Å². The summed E-state index contributed by atoms with van der Waals surface area (Å²) >= 11 is 0. The number of nitrogens with one attached hydrogen (secondary N) is 1. The van der Waals surface area contributed by atoms with E-state index in [9.17, 15) is 9.90 Å². The molecule has 0 aliphatic heterocycles. The molecule has 25 heavy (non-hydrogen) atoms. The smallest absolute Gasteiger partial charge is 0.251 e. The molecule has 3 aromatic carbocycles. The Morgan fingerprint density at radius 1 is 0.760 bits per heavy atom. The lowest BCUT2D eigenvalue weighted by molar-refractivity contribution is 0.0949. The Morgan fingerprint density at radius 2 is 1.36 bits per heavy atom. The second-order valence-corrected chi connectivity index (χ2v) is 5.93. The van der Waals surface area contributed by atoms with Gasteiger partial charge in [-0.2, -0.15) is 0 Å². The quantitative estimate of drug-likeness (QED) is 0.723. The molecular formula is C22H21NO2. The largest absolute Gasteiger partial charge is 0.392 e. The molecule has 0 radical (unpaired) electrons. The number of benzene rings is 3. The Labute approximate surface area is 148 Å². The van der Waals surface area contributed by atoms with Crippen LogP contribution >= 0.6 is 0 Å². The summed E-state index contributed by atoms with van der Waals surface area (Å²) in [6, 6.07) is 25.4. The molecule has 2 N–H and O–H groups in total. The molecule has 0 heterocycles. The number of carbonyl (C=O) groups is 1. The molecule has 0 saturated carbocycles. The molecule has 0 aliphatic carbocycles. The van der Waals surface area contributed by atoms with Gasteiger partial charge in [-0.15, -0.1) is 0 Å². The molecule has 0 aromatic heterocycles. The minimum Gasteiger partial charge on any atom is -0.392 e. The van der Waals surface area contributed by atoms with Crippen molar-refractivity contribution in [3.63, 3.8) is 0 Å². The van der Waals surface area contributed by atoms with Crippen LogP contribution in [0, 0.1) is 0 Å². The summed E-state index contributed by atoms with van der Waals surface area (Å²) in [6.07, 6.45) is 0.720. The average molecular weight is 331 g/mol. The number of rotatable bonds is 6. The number of aliphatic hydroxyl groups is 1. The molecule has 3 heteroatoms. The van der Waals surface area contributed by atoms with E-state index in [1.165, 1.54) is 5.56 Å². The van der Waals surface area contributed by atoms with E-state index < -0.39 is 0 Å². The first-order chi connectivity index (χ1) is 12.3. The first-order valence-corrected chi connectivity index (χ1v) is 8.35. The predicted molar refractivity (Wildman–Crippen MR) is 99.2 cm³/mol. The van der Waals surface area contributed by atoms with Crippen LogP contribution in [0.1, 0.15) is 32.6 Å². The summed E-state index contributed by atoms with van der Waals surface area (Å²) in [5, 5.41) is 12.4. The van der Waals surface area contributed by atoms with Gasteiger partial charge >= 0.3 is 0 Å². The molecule has 0 unspecified atom stereocenters. The van der Waals surface area contributed by atoms with Crippen LogP contribution in [0.15, 0.2) is 78.9 Å². The highest BCUT2D eigenvalue weighted by Gasteiger charge is 2.11. The molecule has 0 aliphatic rings. The molecule has 0 bridgehead atoms. The minimum absolute atomic E-state index is 0.0311. The SMILES string of the molecule is O=C(NCc1ccccc1CO)c1ccccc1Cc1ccccc1. The molecule has 0 atom stereocenters. The van der Waals surface area contributed by atoms with Crippen LogP contribution in [-0.2, 0) is 19.6 Å². The van der Waals surface area contributed by atoms with Gasteiger partial charge in [-0.3, -0.25) is 4.79 Å². The lowest BCUT2D eigenvalue weighted by Crippen LogP contribution is -2.24. The van der Waals surface area contributed by atoms with Crippen molar-refractivity contribution in [3.8, 4) is 0 Å². The summed E-state index contributed by atoms with van der Waals surface area (Å²) < 4.78 is 0. The molecule has 1 amide bonds. The van der Waals surface area contributed by atoms with Gasteiger partial charge in [-0.1, -0.05) is 72.8 Å². The Kier molecular flexibility index (Phi) is 5.60. The fraction of sp³-hybridized carbons (Fsp3) is 0.136. The van der Waals surface area contributed by atoms with Gasteiger partial charge in [-0.25, -0.2) is 0 Å². The van der Waals surface area contributed by atoms with Crippen LogP contribution < -0.4 is 5.32 Å². The molecule has 0 spiro atoms. The third-order valence-corrected chi connectivity index (χ3v) is 4.23. The van der Waals surface area contributed by atoms with Gasteiger partial charge in [0.15, 0.2) is 0 Å². The normalized spacial score (nSPS) is 10.4. The predicted octanol–water partition coefficient (Wildman–Crippen LogP) is 3.70. The summed E-state index contributed by atoms with van der Waals surface area (Å²) in [5.74, 6) is -0.0979. The average Bonchev–Trinajstić information content (AvgIpc) is 2.67. The summed E-state index contributed by atoms with van der Waals surface area (Å²) in [7, 11) is 0. The topological polar surface area (TPSA) is 49.3 Å². The van der Waals surface area contributed by atoms with Crippen molar-refractivity contribution in [2.24, 2.45) is 0 Å². The van der Waals surface area contributed by atoms with E-state index in [0.717, 1.165) is 23.1 Å². The van der Waals surface area contributed by atoms with Crippen LogP contribution in [0.4, 0.5) is 0 Å². The molecule has 3 nitrogen and oxygen atoms in total. The fourth-order valence-electron chi connectivity index (χ4n) is 2.87. The lowest BCUT2D eigenvalue weighted by Gasteiger charge is -2.12. The summed E-state index contributed by atoms with van der Waals surface area (Å²) in [5.41, 5.74) is 4.63. The van der Waals surface area contributed by atoms with Gasteiger partial charge in [0.2, 0.25) is 0 Å². The Balaban J connectivity index is 1.74. The summed E-state index contributed by atoms with van der Waals surface area (Å²) in [4.78, 5) is 12.7. The Morgan fingerprint density at radius 3 is 2.08 bits per heavy atom. The first kappa shape index (κ1) is 16.9. The molecular weight excluding hydrogens is 310 g/mol. The van der Waals surface area contributed by atoms with Gasteiger partial charge in [0.25, 0.3) is 5.91 Å². The monoisotopic (exact) mass is 331 g/mol. The van der Waals surface area contributed by atoms with Crippen LogP contribution in [0.25, 0.3) is 0 Å². The number of hydrogen-bond acceptors (Lipinski definition) is 2. The molecule has 3 rings (SSSR count). The van der Waals surface area contributed by atoms with E-state index in [-0.39, 0.29) is 12.5 Å². The first-order valence-electron chi connectivity index (χ1n) is 8.35. The van der Waals surface area contributed by atoms with E-state index in [1.54, 1.807) is 0 Å². The number of carbonyl (C=O) groups excluding carboxylic acids is 1. The number of hydrogen-bond donors (Lipinski definition) is 2. The molecule has 126 valence electrons. The van der Waals surface area contributed by atoms with E-state index in [0.29, 0.717) is 12.1 Å². The van der Waals surface area contributed by atoms with Crippen LogP contribution in [-0.4, -0.2) is 11.0 Å². The maximum Gasteiger partial charge on any atom is 0.251 e. The highest BCUT2D eigenvalue weighted by atomic mass is 16.3. The lowest BCUT2D eigenvalue weighted by atomic mass is 9.99. The van der Waals surface area contributed by atoms with E-state index in [4.69, 9.17) is 0 Å². The van der Waals surface area contributed by atoms with Gasteiger partial charge in [0.05, 0.1) is 6.61 Å². The second-order valence-electron chi connectivity index (χ2n) is 5.93. The van der Waals surface area contributed by atoms with Crippen molar-refractivity contribution < 1.29 is 9.90 Å². The van der Waals surface area contributed by atoms with Crippen molar-refractivity contribution in [1.29, 1.82) is 0 Å². The van der Waals surface area contributed by atoms with Gasteiger partial charge < -0.3 is 10.4 Å². The van der Waals surface area contributed by atoms with E-state index in [1.807, 2.05) is 66.7 Å². The van der Waals surface area contributed by atoms with Gasteiger partial charge in [-0.05, 0) is 34.7 Å². The van der Waals surface area contributed by atoms with Crippen molar-refractivity contribution >= 4 is 5.91 Å². The third kappa shape index (κ3) is 4.34. The van der Waals surface area contributed by atoms with E-state index in [2.05, 4.69) is 17.4 Å². The molecule has 0 fully saturated rings.